The Labute approximate surface area is 206 Å². The van der Waals surface area contributed by atoms with Crippen molar-refractivity contribution >= 4 is 36.9 Å². The van der Waals surface area contributed by atoms with Crippen LogP contribution in [0.25, 0.3) is 11.1 Å². The van der Waals surface area contributed by atoms with E-state index in [1.54, 1.807) is 0 Å². The van der Waals surface area contributed by atoms with Crippen LogP contribution in [0.1, 0.15) is 0 Å². The van der Waals surface area contributed by atoms with Gasteiger partial charge >= 0.3 is 0 Å². The van der Waals surface area contributed by atoms with E-state index >= 15 is 0 Å². The van der Waals surface area contributed by atoms with Gasteiger partial charge in [0.1, 0.15) is 0 Å². The summed E-state index contributed by atoms with van der Waals surface area (Å²) in [4.78, 5) is 0. The Balaban J connectivity index is 1.76. The Bertz CT molecular complexity index is 1290. The van der Waals surface area contributed by atoms with Crippen molar-refractivity contribution < 1.29 is 0 Å². The highest BCUT2D eigenvalue weighted by molar-refractivity contribution is 7.10. The molecule has 0 aliphatic rings. The van der Waals surface area contributed by atoms with Crippen molar-refractivity contribution in [3.8, 4) is 11.1 Å². The van der Waals surface area contributed by atoms with Gasteiger partial charge in [-0.2, -0.15) is 0 Å². The molecule has 0 spiro atoms. The number of rotatable bonds is 9. The summed E-state index contributed by atoms with van der Waals surface area (Å²) in [7, 11) is -4.46. The van der Waals surface area contributed by atoms with Crippen molar-refractivity contribution in [2.75, 3.05) is 0 Å². The molecule has 0 aromatic heterocycles. The molecule has 0 unspecified atom stereocenters. The maximum Gasteiger partial charge on any atom is 0.164 e. The first-order valence-corrected chi connectivity index (χ1v) is 15.8. The Hall–Kier alpha value is -3.73. The molecule has 0 amide bonds. The molecule has 0 saturated heterocycles. The lowest BCUT2D eigenvalue weighted by Crippen LogP contribution is -2.55. The second-order valence-corrected chi connectivity index (χ2v) is 15.9. The second-order valence-electron chi connectivity index (χ2n) is 8.44. The van der Waals surface area contributed by atoms with Crippen LogP contribution in [-0.2, 0) is 0 Å². The van der Waals surface area contributed by atoms with Crippen LogP contribution < -0.4 is 20.7 Å². The van der Waals surface area contributed by atoms with E-state index in [4.69, 9.17) is 0 Å². The van der Waals surface area contributed by atoms with Gasteiger partial charge in [-0.05, 0) is 31.9 Å². The van der Waals surface area contributed by atoms with E-state index < -0.39 is 16.1 Å². The van der Waals surface area contributed by atoms with Crippen molar-refractivity contribution in [2.24, 2.45) is 0 Å². The third-order valence-corrected chi connectivity index (χ3v) is 14.5. The fourth-order valence-electron chi connectivity index (χ4n) is 4.77. The lowest BCUT2D eigenvalue weighted by molar-refractivity contribution is 1.64. The average molecular weight is 471 g/mol. The highest BCUT2D eigenvalue weighted by Crippen LogP contribution is 2.20. The van der Waals surface area contributed by atoms with Crippen molar-refractivity contribution in [1.82, 2.24) is 0 Å². The molecule has 0 aliphatic heterocycles. The minimum atomic E-state index is -2.25. The highest BCUT2D eigenvalue weighted by atomic mass is 28.3. The molecule has 0 heterocycles. The van der Waals surface area contributed by atoms with Gasteiger partial charge in [-0.15, -0.1) is 26.3 Å². The fraction of sp³-hybridized carbons (Fsp3) is 0. The van der Waals surface area contributed by atoms with Gasteiger partial charge in [-0.1, -0.05) is 132 Å². The van der Waals surface area contributed by atoms with Gasteiger partial charge in [0.05, 0.1) is 0 Å². The van der Waals surface area contributed by atoms with Gasteiger partial charge < -0.3 is 0 Å². The lowest BCUT2D eigenvalue weighted by atomic mass is 10.1. The van der Waals surface area contributed by atoms with E-state index in [0.717, 1.165) is 0 Å². The quantitative estimate of drug-likeness (QED) is 0.288. The molecule has 4 rings (SSSR count). The molecular weight excluding hydrogens is 441 g/mol. The first-order chi connectivity index (χ1) is 16.6. The molecule has 0 bridgehead atoms. The largest absolute Gasteiger partial charge is 0.164 e. The molecule has 0 N–H and O–H groups in total. The van der Waals surface area contributed by atoms with Crippen LogP contribution in [0.4, 0.5) is 0 Å². The van der Waals surface area contributed by atoms with Crippen LogP contribution in [0.5, 0.6) is 0 Å². The normalized spacial score (nSPS) is 11.4. The molecule has 4 aromatic carbocycles. The summed E-state index contributed by atoms with van der Waals surface area (Å²) in [6, 6.07) is 39.0. The number of hydrogen-bond donors (Lipinski definition) is 0. The van der Waals surface area contributed by atoms with Crippen LogP contribution >= 0.6 is 0 Å². The van der Waals surface area contributed by atoms with E-state index in [-0.39, 0.29) is 0 Å². The zero-order chi connectivity index (χ0) is 24.0. The highest BCUT2D eigenvalue weighted by Gasteiger charge is 2.32. The van der Waals surface area contributed by atoms with Crippen molar-refractivity contribution in [3.05, 3.63) is 158 Å². The molecule has 166 valence electrons. The molecule has 0 saturated carbocycles. The predicted molar refractivity (Wildman–Crippen MR) is 156 cm³/mol. The lowest BCUT2D eigenvalue weighted by Gasteiger charge is -2.27. The van der Waals surface area contributed by atoms with Gasteiger partial charge in [-0.3, -0.25) is 0 Å². The molecular formula is C32H30Si2. The zero-order valence-corrected chi connectivity index (χ0v) is 21.5. The van der Waals surface area contributed by atoms with Crippen molar-refractivity contribution in [3.63, 3.8) is 0 Å². The van der Waals surface area contributed by atoms with Crippen LogP contribution in [-0.4, -0.2) is 16.1 Å². The van der Waals surface area contributed by atoms with Crippen LogP contribution in [0.15, 0.2) is 158 Å². The van der Waals surface area contributed by atoms with Gasteiger partial charge in [0.15, 0.2) is 16.1 Å². The van der Waals surface area contributed by atoms with Gasteiger partial charge in [0.2, 0.25) is 0 Å². The summed E-state index contributed by atoms with van der Waals surface area (Å²) in [6.07, 6.45) is 0. The Morgan fingerprint density at radius 1 is 0.382 bits per heavy atom. The fourth-order valence-corrected chi connectivity index (χ4v) is 10.6. The minimum absolute atomic E-state index is 1.19. The van der Waals surface area contributed by atoms with E-state index in [9.17, 15) is 0 Å². The van der Waals surface area contributed by atoms with E-state index in [0.29, 0.717) is 0 Å². The third-order valence-electron chi connectivity index (χ3n) is 6.83. The first kappa shape index (κ1) is 23.4. The van der Waals surface area contributed by atoms with E-state index in [1.165, 1.54) is 31.9 Å². The third kappa shape index (κ3) is 4.03. The van der Waals surface area contributed by atoms with Crippen LogP contribution in [0.3, 0.4) is 0 Å². The molecule has 0 aliphatic carbocycles. The van der Waals surface area contributed by atoms with Gasteiger partial charge in [0.25, 0.3) is 0 Å². The molecule has 0 nitrogen and oxygen atoms in total. The maximum atomic E-state index is 4.22. The number of hydrogen-bond acceptors (Lipinski definition) is 0. The standard InChI is InChI=1S/C32H30Si2/c1-5-33(6-2,29-17-11-9-12-18-29)31-24-22-27(23-25-31)28-16-15-21-32(26-28)34(7-3,8-4)30-19-13-10-14-20-30/h5-26H,1-4H2. The second kappa shape index (κ2) is 10.0. The Kier molecular flexibility index (Phi) is 6.92. The summed E-state index contributed by atoms with van der Waals surface area (Å²) < 4.78 is 0. The topological polar surface area (TPSA) is 0 Å². The molecule has 34 heavy (non-hydrogen) atoms. The van der Waals surface area contributed by atoms with Crippen molar-refractivity contribution in [2.45, 2.75) is 0 Å². The Morgan fingerprint density at radius 2 is 0.794 bits per heavy atom. The monoisotopic (exact) mass is 470 g/mol. The summed E-state index contributed by atoms with van der Waals surface area (Å²) in [6.45, 7) is 16.8. The molecule has 4 aromatic rings. The summed E-state index contributed by atoms with van der Waals surface area (Å²) >= 11 is 0. The van der Waals surface area contributed by atoms with Crippen LogP contribution in [0, 0.1) is 0 Å². The van der Waals surface area contributed by atoms with Crippen LogP contribution in [0.2, 0.25) is 0 Å². The molecule has 0 atom stereocenters. The minimum Gasteiger partial charge on any atom is -0.106 e. The zero-order valence-electron chi connectivity index (χ0n) is 19.5. The summed E-state index contributed by atoms with van der Waals surface area (Å²) in [5, 5.41) is 5.16. The molecule has 2 heteroatoms. The molecule has 0 radical (unpaired) electrons. The Morgan fingerprint density at radius 3 is 1.26 bits per heavy atom. The average Bonchev–Trinajstić information content (AvgIpc) is 2.93. The van der Waals surface area contributed by atoms with E-state index in [1.807, 2.05) is 0 Å². The summed E-state index contributed by atoms with van der Waals surface area (Å²) in [5.41, 5.74) is 10.8. The number of benzene rings is 4. The van der Waals surface area contributed by atoms with Crippen molar-refractivity contribution in [1.29, 1.82) is 0 Å². The first-order valence-electron chi connectivity index (χ1n) is 11.5. The van der Waals surface area contributed by atoms with Gasteiger partial charge in [-0.25, -0.2) is 0 Å². The SMILES string of the molecule is C=C[Si](C=C)(c1ccccc1)c1ccc(-c2cccc([Si](C=C)(C=C)c3ccccc3)c2)cc1. The molecule has 0 fully saturated rings. The predicted octanol–water partition coefficient (Wildman–Crippen LogP) is 5.38. The maximum absolute atomic E-state index is 4.22. The smallest absolute Gasteiger partial charge is 0.106 e. The van der Waals surface area contributed by atoms with E-state index in [2.05, 4.69) is 158 Å². The summed E-state index contributed by atoms with van der Waals surface area (Å²) in [5.74, 6) is 0. The van der Waals surface area contributed by atoms with Gasteiger partial charge in [0, 0.05) is 0 Å².